The number of imide groups is 2. The highest BCUT2D eigenvalue weighted by molar-refractivity contribution is 9.09. The molecule has 4 amide bonds. The summed E-state index contributed by atoms with van der Waals surface area (Å²) in [6, 6.07) is 4.46. The van der Waals surface area contributed by atoms with Gasteiger partial charge in [-0.15, -0.1) is 23.2 Å². The number of hydrogen-bond donors (Lipinski definition) is 2. The Kier molecular flexibility index (Phi) is 5.33. The number of fused-ring (bicyclic) bond motifs is 4. The van der Waals surface area contributed by atoms with Crippen LogP contribution in [0.15, 0.2) is 29.8 Å². The van der Waals surface area contributed by atoms with E-state index in [1.165, 1.54) is 19.2 Å². The van der Waals surface area contributed by atoms with Crippen molar-refractivity contribution in [3.8, 4) is 11.5 Å². The van der Waals surface area contributed by atoms with Gasteiger partial charge in [-0.05, 0) is 24.8 Å². The molecule has 3 fully saturated rings. The Morgan fingerprint density at radius 3 is 2.47 bits per heavy atom. The number of nitrogens with zero attached hydrogens (tertiary/aromatic N) is 2. The van der Waals surface area contributed by atoms with Gasteiger partial charge in [0.05, 0.1) is 24.4 Å². The summed E-state index contributed by atoms with van der Waals surface area (Å²) in [6.07, 6.45) is 1.64. The fourth-order valence-corrected chi connectivity index (χ4v) is 7.39. The van der Waals surface area contributed by atoms with Gasteiger partial charge >= 0.3 is 0 Å². The van der Waals surface area contributed by atoms with E-state index in [4.69, 9.17) is 27.9 Å². The Balaban J connectivity index is 1.76. The van der Waals surface area contributed by atoms with E-state index < -0.39 is 57.0 Å². The van der Waals surface area contributed by atoms with Crippen LogP contribution in [-0.4, -0.2) is 66.2 Å². The zero-order chi connectivity index (χ0) is 24.7. The molecule has 2 aliphatic heterocycles. The molecular formula is C22H19BrCl2N2O7. The first-order chi connectivity index (χ1) is 16.0. The molecule has 6 unspecified atom stereocenters. The predicted molar refractivity (Wildman–Crippen MR) is 122 cm³/mol. The van der Waals surface area contributed by atoms with E-state index in [1.807, 2.05) is 0 Å². The number of hydroxylamine groups is 2. The quantitative estimate of drug-likeness (QED) is 0.187. The average Bonchev–Trinajstić information content (AvgIpc) is 3.12. The van der Waals surface area contributed by atoms with E-state index in [0.717, 1.165) is 4.90 Å². The molecule has 2 saturated heterocycles. The molecule has 0 aromatic heterocycles. The number of ether oxygens (including phenoxy) is 1. The molecule has 0 spiro atoms. The number of phenolic OH excluding ortho intramolecular Hbond substituents is 1. The second-order valence-electron chi connectivity index (χ2n) is 8.90. The SMILES string of the molecule is COc1ccc(C2C3=CCC4C(=O)N(O)C(=O)C4C3CC3(Cl)C(=O)N(CBr)C(=O)C23Cl)c(O)c1. The van der Waals surface area contributed by atoms with Crippen molar-refractivity contribution in [3.05, 3.63) is 35.4 Å². The number of rotatable bonds is 3. The van der Waals surface area contributed by atoms with Gasteiger partial charge in [0, 0.05) is 17.5 Å². The van der Waals surface area contributed by atoms with E-state index in [1.54, 1.807) is 12.1 Å². The third-order valence-electron chi connectivity index (χ3n) is 7.54. The molecule has 1 aromatic rings. The first kappa shape index (κ1) is 23.6. The summed E-state index contributed by atoms with van der Waals surface area (Å²) in [4.78, 5) is 49.2. The van der Waals surface area contributed by atoms with Crippen LogP contribution in [-0.2, 0) is 19.2 Å². The zero-order valence-corrected chi connectivity index (χ0v) is 20.8. The minimum atomic E-state index is -2.01. The van der Waals surface area contributed by atoms with Crippen LogP contribution >= 0.6 is 39.1 Å². The molecule has 34 heavy (non-hydrogen) atoms. The summed E-state index contributed by atoms with van der Waals surface area (Å²) in [6.45, 7) is 0. The molecule has 2 N–H and O–H groups in total. The fraction of sp³-hybridized carbons (Fsp3) is 0.455. The molecule has 0 radical (unpaired) electrons. The highest BCUT2D eigenvalue weighted by atomic mass is 79.9. The molecule has 1 aromatic carbocycles. The highest BCUT2D eigenvalue weighted by Crippen LogP contribution is 2.66. The lowest BCUT2D eigenvalue weighted by Crippen LogP contribution is -2.60. The Morgan fingerprint density at radius 2 is 1.85 bits per heavy atom. The molecule has 12 heteroatoms. The first-order valence-corrected chi connectivity index (χ1v) is 12.3. The fourth-order valence-electron chi connectivity index (χ4n) is 5.98. The lowest BCUT2D eigenvalue weighted by Gasteiger charge is -2.50. The molecule has 2 aliphatic carbocycles. The van der Waals surface area contributed by atoms with Gasteiger partial charge in [0.1, 0.15) is 11.5 Å². The number of carbonyl (C=O) groups is 4. The molecule has 180 valence electrons. The molecule has 1 saturated carbocycles. The average molecular weight is 574 g/mol. The summed E-state index contributed by atoms with van der Waals surface area (Å²) in [5.74, 6) is -6.51. The molecule has 4 aliphatic rings. The van der Waals surface area contributed by atoms with Crippen molar-refractivity contribution in [3.63, 3.8) is 0 Å². The number of aromatic hydroxyl groups is 1. The number of likely N-dealkylation sites (tertiary alicyclic amines) is 1. The number of methoxy groups -OCH3 is 1. The second kappa shape index (κ2) is 7.68. The number of phenols is 1. The van der Waals surface area contributed by atoms with Crippen LogP contribution in [0.1, 0.15) is 24.3 Å². The largest absolute Gasteiger partial charge is 0.508 e. The zero-order valence-electron chi connectivity index (χ0n) is 17.7. The first-order valence-electron chi connectivity index (χ1n) is 10.5. The molecule has 6 atom stereocenters. The van der Waals surface area contributed by atoms with Gasteiger partial charge in [-0.1, -0.05) is 33.6 Å². The van der Waals surface area contributed by atoms with Gasteiger partial charge in [-0.25, -0.2) is 0 Å². The maximum Gasteiger partial charge on any atom is 0.257 e. The lowest BCUT2D eigenvalue weighted by molar-refractivity contribution is -0.173. The molecule has 2 heterocycles. The van der Waals surface area contributed by atoms with E-state index >= 15 is 0 Å². The topological polar surface area (TPSA) is 124 Å². The maximum atomic E-state index is 13.6. The monoisotopic (exact) mass is 572 g/mol. The van der Waals surface area contributed by atoms with Crippen LogP contribution in [0.25, 0.3) is 0 Å². The van der Waals surface area contributed by atoms with Crippen molar-refractivity contribution in [2.75, 3.05) is 12.6 Å². The van der Waals surface area contributed by atoms with Crippen molar-refractivity contribution in [2.24, 2.45) is 17.8 Å². The van der Waals surface area contributed by atoms with E-state index in [0.29, 0.717) is 11.3 Å². The van der Waals surface area contributed by atoms with E-state index in [-0.39, 0.29) is 34.7 Å². The van der Waals surface area contributed by atoms with Gasteiger partial charge in [-0.3, -0.25) is 29.3 Å². The van der Waals surface area contributed by atoms with Crippen LogP contribution in [0, 0.1) is 17.8 Å². The number of benzene rings is 1. The number of carbonyl (C=O) groups excluding carboxylic acids is 4. The number of halogens is 3. The molecular weight excluding hydrogens is 555 g/mol. The third-order valence-corrected chi connectivity index (χ3v) is 9.45. The van der Waals surface area contributed by atoms with Crippen molar-refractivity contribution in [1.29, 1.82) is 0 Å². The van der Waals surface area contributed by atoms with Crippen LogP contribution in [0.5, 0.6) is 11.5 Å². The summed E-state index contributed by atoms with van der Waals surface area (Å²) >= 11 is 17.2. The molecule has 0 bridgehead atoms. The number of alkyl halides is 3. The normalized spacial score (nSPS) is 36.9. The minimum Gasteiger partial charge on any atom is -0.508 e. The summed E-state index contributed by atoms with van der Waals surface area (Å²) in [7, 11) is 1.43. The van der Waals surface area contributed by atoms with E-state index in [9.17, 15) is 29.5 Å². The minimum absolute atomic E-state index is 0.113. The van der Waals surface area contributed by atoms with Crippen LogP contribution in [0.3, 0.4) is 0 Å². The van der Waals surface area contributed by atoms with Crippen LogP contribution in [0.2, 0.25) is 0 Å². The van der Waals surface area contributed by atoms with Gasteiger partial charge < -0.3 is 9.84 Å². The Labute approximate surface area is 212 Å². The summed E-state index contributed by atoms with van der Waals surface area (Å²) in [5, 5.41) is 21.0. The van der Waals surface area contributed by atoms with Crippen molar-refractivity contribution < 1.29 is 34.2 Å². The van der Waals surface area contributed by atoms with Crippen LogP contribution < -0.4 is 4.74 Å². The Morgan fingerprint density at radius 1 is 1.15 bits per heavy atom. The van der Waals surface area contributed by atoms with Crippen molar-refractivity contribution in [1.82, 2.24) is 9.96 Å². The number of amides is 4. The molecule has 5 rings (SSSR count). The van der Waals surface area contributed by atoms with Crippen LogP contribution in [0.4, 0.5) is 0 Å². The summed E-state index contributed by atoms with van der Waals surface area (Å²) in [5.41, 5.74) is 0.597. The standard InChI is InChI=1S/C22H19BrCl2N2O7/c1-34-9-2-3-11(14(28)6-9)16-10-4-5-12-15(18(30)27(33)17(12)29)13(10)7-21(24)19(31)26(8-23)20(32)22(16,21)25/h2-4,6,12-13,15-16,28,33H,5,7-8H2,1H3. The van der Waals surface area contributed by atoms with Gasteiger partial charge in [0.15, 0.2) is 9.75 Å². The molecule has 9 nitrogen and oxygen atoms in total. The highest BCUT2D eigenvalue weighted by Gasteiger charge is 2.76. The van der Waals surface area contributed by atoms with Crippen molar-refractivity contribution >= 4 is 62.8 Å². The summed E-state index contributed by atoms with van der Waals surface area (Å²) < 4.78 is 5.16. The van der Waals surface area contributed by atoms with E-state index in [2.05, 4.69) is 15.9 Å². The van der Waals surface area contributed by atoms with Gasteiger partial charge in [-0.2, -0.15) is 5.06 Å². The Bertz CT molecular complexity index is 1190. The van der Waals surface area contributed by atoms with Gasteiger partial charge in [0.2, 0.25) is 0 Å². The number of hydrogen-bond acceptors (Lipinski definition) is 7. The number of allylic oxidation sites excluding steroid dienone is 2. The lowest BCUT2D eigenvalue weighted by atomic mass is 9.56. The smallest absolute Gasteiger partial charge is 0.257 e. The third kappa shape index (κ3) is 2.71. The maximum absolute atomic E-state index is 13.6. The second-order valence-corrected chi connectivity index (χ2v) is 10.6. The Hall–Kier alpha value is -2.14. The van der Waals surface area contributed by atoms with Crippen molar-refractivity contribution in [2.45, 2.75) is 28.5 Å². The predicted octanol–water partition coefficient (Wildman–Crippen LogP) is 2.50. The van der Waals surface area contributed by atoms with Gasteiger partial charge in [0.25, 0.3) is 23.6 Å².